The van der Waals surface area contributed by atoms with E-state index in [9.17, 15) is 4.79 Å². The van der Waals surface area contributed by atoms with Gasteiger partial charge in [-0.3, -0.25) is 9.79 Å². The molecule has 2 aromatic rings. The van der Waals surface area contributed by atoms with Crippen LogP contribution in [0.4, 0.5) is 0 Å². The van der Waals surface area contributed by atoms with E-state index in [-0.39, 0.29) is 36.4 Å². The fourth-order valence-electron chi connectivity index (χ4n) is 3.09. The van der Waals surface area contributed by atoms with Gasteiger partial charge in [-0.15, -0.1) is 24.0 Å². The van der Waals surface area contributed by atoms with E-state index in [2.05, 4.69) is 50.9 Å². The number of benzene rings is 1. The van der Waals surface area contributed by atoms with E-state index >= 15 is 0 Å². The van der Waals surface area contributed by atoms with E-state index in [4.69, 9.17) is 4.42 Å². The van der Waals surface area contributed by atoms with Crippen molar-refractivity contribution in [2.24, 2.45) is 4.99 Å². The Morgan fingerprint density at radius 3 is 2.54 bits per heavy atom. The number of halogens is 1. The summed E-state index contributed by atoms with van der Waals surface area (Å²) in [6.07, 6.45) is 5.87. The third kappa shape index (κ3) is 6.70. The number of carbonyl (C=O) groups excluding carboxylic acids is 1. The number of nitrogens with zero attached hydrogens (tertiary/aromatic N) is 2. The lowest BCUT2D eigenvalue weighted by atomic mass is 10.0. The van der Waals surface area contributed by atoms with Crippen LogP contribution < -0.4 is 10.6 Å². The molecule has 1 aliphatic rings. The lowest BCUT2D eigenvalue weighted by Crippen LogP contribution is -2.47. The molecular weight excluding hydrogens is 467 g/mol. The summed E-state index contributed by atoms with van der Waals surface area (Å²) < 4.78 is 5.21. The second-order valence-electron chi connectivity index (χ2n) is 6.46. The molecule has 7 heteroatoms. The van der Waals surface area contributed by atoms with Crippen molar-refractivity contribution < 1.29 is 9.21 Å². The Morgan fingerprint density at radius 1 is 1.14 bits per heavy atom. The highest BCUT2D eigenvalue weighted by atomic mass is 127. The predicted molar refractivity (Wildman–Crippen MR) is 123 cm³/mol. The van der Waals surface area contributed by atoms with Gasteiger partial charge in [-0.2, -0.15) is 0 Å². The standard InChI is InChI=1S/C21H26N4O2.HI/c1-22-21(24-16-20(26)23-15-19-8-5-13-27-19)25-11-9-18(10-12-25)14-17-6-3-2-4-7-17;/h2-8,13-14H,9-12,15-16H2,1H3,(H,22,24)(H,23,26);1H. The number of carbonyl (C=O) groups is 1. The predicted octanol–water partition coefficient (Wildman–Crippen LogP) is 3.27. The van der Waals surface area contributed by atoms with Crippen molar-refractivity contribution in [1.29, 1.82) is 0 Å². The Bertz CT molecular complexity index is 778. The summed E-state index contributed by atoms with van der Waals surface area (Å²) in [7, 11) is 1.75. The Morgan fingerprint density at radius 2 is 1.89 bits per heavy atom. The normalized spacial score (nSPS) is 14.2. The van der Waals surface area contributed by atoms with Crippen LogP contribution in [0.5, 0.6) is 0 Å². The first kappa shape index (κ1) is 22.0. The third-order valence-electron chi connectivity index (χ3n) is 4.53. The maximum atomic E-state index is 12.0. The molecule has 1 aromatic carbocycles. The molecule has 0 spiro atoms. The molecule has 1 saturated heterocycles. The Kier molecular flexibility index (Phi) is 9.06. The van der Waals surface area contributed by atoms with Crippen LogP contribution in [0.25, 0.3) is 6.08 Å². The van der Waals surface area contributed by atoms with Crippen LogP contribution in [0, 0.1) is 0 Å². The number of rotatable bonds is 5. The van der Waals surface area contributed by atoms with E-state index in [1.807, 2.05) is 12.1 Å². The van der Waals surface area contributed by atoms with E-state index in [1.165, 1.54) is 11.1 Å². The van der Waals surface area contributed by atoms with Crippen LogP contribution in [0.2, 0.25) is 0 Å². The summed E-state index contributed by atoms with van der Waals surface area (Å²) in [6, 6.07) is 14.0. The summed E-state index contributed by atoms with van der Waals surface area (Å²) in [5.74, 6) is 1.41. The molecule has 150 valence electrons. The number of hydrogen-bond donors (Lipinski definition) is 2. The van der Waals surface area contributed by atoms with E-state index in [1.54, 1.807) is 19.4 Å². The summed E-state index contributed by atoms with van der Waals surface area (Å²) in [4.78, 5) is 18.5. The van der Waals surface area contributed by atoms with Gasteiger partial charge in [-0.05, 0) is 30.5 Å². The zero-order valence-electron chi connectivity index (χ0n) is 16.1. The highest BCUT2D eigenvalue weighted by Crippen LogP contribution is 2.19. The number of piperidine rings is 1. The minimum atomic E-state index is -0.0887. The molecule has 0 aliphatic carbocycles. The molecule has 1 amide bonds. The van der Waals surface area contributed by atoms with E-state index < -0.39 is 0 Å². The lowest BCUT2D eigenvalue weighted by Gasteiger charge is -2.31. The summed E-state index contributed by atoms with van der Waals surface area (Å²) in [5, 5.41) is 5.97. The van der Waals surface area contributed by atoms with Gasteiger partial charge in [0.05, 0.1) is 19.4 Å². The van der Waals surface area contributed by atoms with Gasteiger partial charge in [0.15, 0.2) is 5.96 Å². The van der Waals surface area contributed by atoms with Crippen molar-refractivity contribution in [3.05, 3.63) is 65.6 Å². The second-order valence-corrected chi connectivity index (χ2v) is 6.46. The second kappa shape index (κ2) is 11.5. The molecule has 1 aromatic heterocycles. The molecular formula is C21H27IN4O2. The number of amides is 1. The van der Waals surface area contributed by atoms with Gasteiger partial charge in [-0.1, -0.05) is 42.0 Å². The lowest BCUT2D eigenvalue weighted by molar-refractivity contribution is -0.120. The minimum Gasteiger partial charge on any atom is -0.467 e. The first-order valence-corrected chi connectivity index (χ1v) is 9.24. The van der Waals surface area contributed by atoms with Crippen LogP contribution in [-0.4, -0.2) is 43.4 Å². The molecule has 0 saturated carbocycles. The van der Waals surface area contributed by atoms with Crippen LogP contribution in [0.1, 0.15) is 24.2 Å². The monoisotopic (exact) mass is 494 g/mol. The Hall–Kier alpha value is -2.29. The molecule has 3 rings (SSSR count). The van der Waals surface area contributed by atoms with Crippen molar-refractivity contribution >= 4 is 41.9 Å². The molecule has 2 N–H and O–H groups in total. The summed E-state index contributed by atoms with van der Waals surface area (Å²) >= 11 is 0. The fraction of sp³-hybridized carbons (Fsp3) is 0.333. The van der Waals surface area contributed by atoms with Crippen molar-refractivity contribution in [3.8, 4) is 0 Å². The maximum absolute atomic E-state index is 12.0. The molecule has 0 radical (unpaired) electrons. The average molecular weight is 494 g/mol. The topological polar surface area (TPSA) is 69.9 Å². The summed E-state index contributed by atoms with van der Waals surface area (Å²) in [6.45, 7) is 2.37. The van der Waals surface area contributed by atoms with Crippen molar-refractivity contribution in [3.63, 3.8) is 0 Å². The zero-order chi connectivity index (χ0) is 18.9. The first-order chi connectivity index (χ1) is 13.2. The number of guanidine groups is 1. The molecule has 28 heavy (non-hydrogen) atoms. The largest absolute Gasteiger partial charge is 0.467 e. The Balaban J connectivity index is 0.00000280. The maximum Gasteiger partial charge on any atom is 0.239 e. The molecule has 0 unspecified atom stereocenters. The summed E-state index contributed by atoms with van der Waals surface area (Å²) in [5.41, 5.74) is 2.70. The van der Waals surface area contributed by atoms with Gasteiger partial charge >= 0.3 is 0 Å². The van der Waals surface area contributed by atoms with Crippen molar-refractivity contribution in [2.45, 2.75) is 19.4 Å². The number of furan rings is 1. The fourth-order valence-corrected chi connectivity index (χ4v) is 3.09. The molecule has 0 bridgehead atoms. The number of likely N-dealkylation sites (tertiary alicyclic amines) is 1. The molecule has 1 fully saturated rings. The van der Waals surface area contributed by atoms with Crippen LogP contribution in [0.15, 0.2) is 63.7 Å². The highest BCUT2D eigenvalue weighted by Gasteiger charge is 2.17. The van der Waals surface area contributed by atoms with Gasteiger partial charge in [0.2, 0.25) is 5.91 Å². The van der Waals surface area contributed by atoms with Gasteiger partial charge in [-0.25, -0.2) is 0 Å². The molecule has 2 heterocycles. The minimum absolute atomic E-state index is 0. The van der Waals surface area contributed by atoms with Gasteiger partial charge < -0.3 is 20.0 Å². The number of hydrogen-bond acceptors (Lipinski definition) is 3. The highest BCUT2D eigenvalue weighted by molar-refractivity contribution is 14.0. The smallest absolute Gasteiger partial charge is 0.239 e. The molecule has 6 nitrogen and oxygen atoms in total. The quantitative estimate of drug-likeness (QED) is 0.381. The van der Waals surface area contributed by atoms with E-state index in [0.29, 0.717) is 6.54 Å². The first-order valence-electron chi connectivity index (χ1n) is 9.24. The van der Waals surface area contributed by atoms with Crippen molar-refractivity contribution in [1.82, 2.24) is 15.5 Å². The van der Waals surface area contributed by atoms with Crippen molar-refractivity contribution in [2.75, 3.05) is 26.7 Å². The molecule has 1 aliphatic heterocycles. The zero-order valence-corrected chi connectivity index (χ0v) is 18.4. The SMILES string of the molecule is CN=C(NCC(=O)NCc1ccco1)N1CCC(=Cc2ccccc2)CC1.I. The van der Waals surface area contributed by atoms with Crippen LogP contribution in [-0.2, 0) is 11.3 Å². The number of aliphatic imine (C=N–C) groups is 1. The third-order valence-corrected chi connectivity index (χ3v) is 4.53. The molecule has 0 atom stereocenters. The van der Waals surface area contributed by atoms with E-state index in [0.717, 1.165) is 37.7 Å². The van der Waals surface area contributed by atoms with Gasteiger partial charge in [0, 0.05) is 20.1 Å². The van der Waals surface area contributed by atoms with Gasteiger partial charge in [0.1, 0.15) is 5.76 Å². The van der Waals surface area contributed by atoms with Crippen LogP contribution >= 0.6 is 24.0 Å². The Labute approximate surface area is 183 Å². The van der Waals surface area contributed by atoms with Crippen LogP contribution in [0.3, 0.4) is 0 Å². The van der Waals surface area contributed by atoms with Gasteiger partial charge in [0.25, 0.3) is 0 Å². The average Bonchev–Trinajstić information content (AvgIpc) is 3.22. The number of nitrogens with one attached hydrogen (secondary N) is 2.